The summed E-state index contributed by atoms with van der Waals surface area (Å²) in [6, 6.07) is 4.47. The first kappa shape index (κ1) is 28.3. The molecule has 0 aliphatic carbocycles. The van der Waals surface area contributed by atoms with Crippen LogP contribution in [-0.4, -0.2) is 62.2 Å². The first-order valence-corrected chi connectivity index (χ1v) is 11.9. The van der Waals surface area contributed by atoms with E-state index in [-0.39, 0.29) is 41.8 Å². The van der Waals surface area contributed by atoms with E-state index in [1.54, 1.807) is 19.2 Å². The Morgan fingerprint density at radius 2 is 1.89 bits per heavy atom. The van der Waals surface area contributed by atoms with Crippen LogP contribution < -0.4 is 15.3 Å². The van der Waals surface area contributed by atoms with E-state index in [9.17, 15) is 24.2 Å². The van der Waals surface area contributed by atoms with Gasteiger partial charge < -0.3 is 34.6 Å². The van der Waals surface area contributed by atoms with Gasteiger partial charge in [0.15, 0.2) is 0 Å². The third-order valence-corrected chi connectivity index (χ3v) is 6.08. The Kier molecular flexibility index (Phi) is 11.2. The van der Waals surface area contributed by atoms with Crippen molar-refractivity contribution in [1.82, 2.24) is 10.6 Å². The molecule has 1 aliphatic heterocycles. The van der Waals surface area contributed by atoms with Crippen molar-refractivity contribution in [2.75, 3.05) is 20.4 Å². The number of Topliss-reactive ketones (excluding diaryl/α,β-unsaturated/α-hetero) is 1. The highest BCUT2D eigenvalue weighted by Gasteiger charge is 2.41. The summed E-state index contributed by atoms with van der Waals surface area (Å²) in [5, 5.41) is 16.6. The Bertz CT molecular complexity index is 906. The number of fused-ring (bicyclic) bond motifs is 1. The highest BCUT2D eigenvalue weighted by atomic mass is 16.7. The maximum atomic E-state index is 12.6. The van der Waals surface area contributed by atoms with Gasteiger partial charge in [0.1, 0.15) is 17.1 Å². The monoisotopic (exact) mass is 490 g/mol. The molecule has 3 N–H and O–H groups in total. The van der Waals surface area contributed by atoms with Crippen LogP contribution in [0.25, 0.3) is 0 Å². The topological polar surface area (TPSA) is 140 Å². The fourth-order valence-corrected chi connectivity index (χ4v) is 4.01. The number of nitrogens with one attached hydrogen (secondary N) is 2. The van der Waals surface area contributed by atoms with Crippen LogP contribution >= 0.6 is 0 Å². The van der Waals surface area contributed by atoms with Crippen LogP contribution in [0.1, 0.15) is 62.4 Å². The molecule has 1 aromatic rings. The van der Waals surface area contributed by atoms with Gasteiger partial charge in [-0.15, -0.1) is 0 Å². The fraction of sp³-hybridized carbons (Fsp3) is 0.583. The molecule has 2 unspecified atom stereocenters. The van der Waals surface area contributed by atoms with E-state index in [0.717, 1.165) is 0 Å². The molecule has 11 heteroatoms. The Morgan fingerprint density at radius 1 is 1.17 bits per heavy atom. The number of para-hydroxylation sites is 1. The number of benzene rings is 1. The number of ketones is 1. The zero-order valence-electron chi connectivity index (χ0n) is 20.8. The van der Waals surface area contributed by atoms with Crippen molar-refractivity contribution in [2.45, 2.75) is 64.7 Å². The van der Waals surface area contributed by atoms with Crippen LogP contribution in [0.5, 0.6) is 5.75 Å². The summed E-state index contributed by atoms with van der Waals surface area (Å²) >= 11 is 0. The maximum absolute atomic E-state index is 12.6. The van der Waals surface area contributed by atoms with Crippen molar-refractivity contribution in [3.05, 3.63) is 29.3 Å². The molecule has 10 nitrogen and oxygen atoms in total. The molecule has 1 aliphatic rings. The van der Waals surface area contributed by atoms with E-state index >= 15 is 0 Å². The second kappa shape index (κ2) is 13.8. The second-order valence-corrected chi connectivity index (χ2v) is 8.63. The van der Waals surface area contributed by atoms with Crippen LogP contribution in [-0.2, 0) is 30.3 Å². The lowest BCUT2D eigenvalue weighted by molar-refractivity contribution is -0.157. The van der Waals surface area contributed by atoms with Gasteiger partial charge in [0.25, 0.3) is 0 Å². The second-order valence-electron chi connectivity index (χ2n) is 8.63. The molecule has 0 spiro atoms. The number of esters is 2. The zero-order chi connectivity index (χ0) is 26.0. The average Bonchev–Trinajstić information content (AvgIpc) is 2.82. The lowest BCUT2D eigenvalue weighted by Crippen LogP contribution is -2.51. The predicted molar refractivity (Wildman–Crippen MR) is 129 cm³/mol. The van der Waals surface area contributed by atoms with Crippen molar-refractivity contribution in [3.8, 4) is 5.75 Å². The van der Waals surface area contributed by atoms with Gasteiger partial charge in [-0.1, -0.05) is 26.0 Å². The summed E-state index contributed by atoms with van der Waals surface area (Å²) in [6.45, 7) is 5.04. The molecular weight excluding hydrogens is 455 g/mol. The summed E-state index contributed by atoms with van der Waals surface area (Å²) in [4.78, 5) is 48.1. The molecule has 0 radical (unpaired) electrons. The summed E-state index contributed by atoms with van der Waals surface area (Å²) < 4.78 is 15.9. The summed E-state index contributed by atoms with van der Waals surface area (Å²) in [5.74, 6) is -2.09. The fourth-order valence-electron chi connectivity index (χ4n) is 4.01. The molecule has 1 heterocycles. The number of hydrogen-bond donors (Lipinski definition) is 3. The van der Waals surface area contributed by atoms with Gasteiger partial charge in [0.05, 0.1) is 5.92 Å². The lowest BCUT2D eigenvalue weighted by atomic mass is 9.63. The number of rotatable bonds is 13. The zero-order valence-corrected chi connectivity index (χ0v) is 20.8. The minimum atomic E-state index is -1.30. The van der Waals surface area contributed by atoms with Crippen molar-refractivity contribution in [3.63, 3.8) is 0 Å². The molecule has 192 valence electrons. The van der Waals surface area contributed by atoms with E-state index in [2.05, 4.69) is 10.6 Å². The number of carbonyl (C=O) groups excluding carboxylic acids is 4. The van der Waals surface area contributed by atoms with Gasteiger partial charge in [-0.3, -0.25) is 9.59 Å². The maximum Gasteiger partial charge on any atom is 0.528 e. The SMILES string of the molecule is CCC(CC)C(=O)OCOC(=O)c1cccc2c1OB(O)C(C(CNC)NC(=O)CCC(C)=O)C2. The van der Waals surface area contributed by atoms with Crippen LogP contribution in [0.3, 0.4) is 0 Å². The van der Waals surface area contributed by atoms with Gasteiger partial charge in [0, 0.05) is 31.2 Å². The summed E-state index contributed by atoms with van der Waals surface area (Å²) in [7, 11) is 0.429. The smallest absolute Gasteiger partial charge is 0.528 e. The number of amides is 1. The van der Waals surface area contributed by atoms with Crippen molar-refractivity contribution >= 4 is 30.7 Å². The molecule has 0 saturated carbocycles. The minimum absolute atomic E-state index is 0.0631. The summed E-state index contributed by atoms with van der Waals surface area (Å²) in [6.07, 6.45) is 1.80. The molecule has 1 aromatic carbocycles. The molecule has 1 amide bonds. The average molecular weight is 490 g/mol. The highest BCUT2D eigenvalue weighted by Crippen LogP contribution is 2.36. The van der Waals surface area contributed by atoms with E-state index in [1.165, 1.54) is 13.0 Å². The van der Waals surface area contributed by atoms with Crippen LogP contribution in [0, 0.1) is 5.92 Å². The Balaban J connectivity index is 2.08. The molecule has 0 aromatic heterocycles. The van der Waals surface area contributed by atoms with E-state index in [4.69, 9.17) is 14.1 Å². The summed E-state index contributed by atoms with van der Waals surface area (Å²) in [5.41, 5.74) is 0.775. The van der Waals surface area contributed by atoms with E-state index in [0.29, 0.717) is 31.4 Å². The van der Waals surface area contributed by atoms with Gasteiger partial charge in [-0.2, -0.15) is 0 Å². The molecule has 0 fully saturated rings. The van der Waals surface area contributed by atoms with Crippen LogP contribution in [0.4, 0.5) is 0 Å². The van der Waals surface area contributed by atoms with Crippen molar-refractivity contribution < 1.29 is 38.3 Å². The number of ether oxygens (including phenoxy) is 2. The van der Waals surface area contributed by atoms with Gasteiger partial charge >= 0.3 is 19.1 Å². The van der Waals surface area contributed by atoms with E-state index < -0.39 is 37.7 Å². The third-order valence-electron chi connectivity index (χ3n) is 6.08. The highest BCUT2D eigenvalue weighted by molar-refractivity contribution is 6.46. The normalized spacial score (nSPS) is 15.6. The van der Waals surface area contributed by atoms with Crippen LogP contribution in [0.2, 0.25) is 5.82 Å². The van der Waals surface area contributed by atoms with Gasteiger partial charge in [0.2, 0.25) is 12.7 Å². The predicted octanol–water partition coefficient (Wildman–Crippen LogP) is 1.64. The standard InChI is InChI=1S/C24H35BN2O8/c1-5-16(6-2)23(30)33-14-34-24(31)18-9-7-8-17-12-19(25(32)35-22(17)18)20(13-26-4)27-21(29)11-10-15(3)28/h7-9,16,19-20,26,32H,5-6,10-14H2,1-4H3,(H,27,29). The minimum Gasteiger partial charge on any atom is -0.535 e. The third kappa shape index (κ3) is 8.07. The largest absolute Gasteiger partial charge is 0.535 e. The molecule has 2 rings (SSSR count). The number of hydrogen-bond acceptors (Lipinski definition) is 9. The molecular formula is C24H35BN2O8. The number of likely N-dealkylation sites (N-methyl/N-ethyl adjacent to an activating group) is 1. The lowest BCUT2D eigenvalue weighted by Gasteiger charge is -2.34. The van der Waals surface area contributed by atoms with Crippen molar-refractivity contribution in [2.24, 2.45) is 5.92 Å². The quantitative estimate of drug-likeness (QED) is 0.214. The Hall–Kier alpha value is -2.92. The van der Waals surface area contributed by atoms with Crippen molar-refractivity contribution in [1.29, 1.82) is 0 Å². The molecule has 35 heavy (non-hydrogen) atoms. The van der Waals surface area contributed by atoms with Gasteiger partial charge in [-0.05, 0) is 44.9 Å². The molecule has 2 atom stereocenters. The molecule has 0 saturated heterocycles. The van der Waals surface area contributed by atoms with Gasteiger partial charge in [-0.25, -0.2) is 4.79 Å². The first-order chi connectivity index (χ1) is 16.7. The van der Waals surface area contributed by atoms with E-state index in [1.807, 2.05) is 13.8 Å². The first-order valence-electron chi connectivity index (χ1n) is 11.9. The Morgan fingerprint density at radius 3 is 2.51 bits per heavy atom. The van der Waals surface area contributed by atoms with Crippen LogP contribution in [0.15, 0.2) is 18.2 Å². The number of carbonyl (C=O) groups is 4. The molecule has 0 bridgehead atoms. The Labute approximate surface area is 206 Å².